The molecule has 0 aliphatic carbocycles. The standard InChI is InChI=1S/C64H40N2O4/c1-37-21-27-49-47-17-9-11-19-53(47)69-63(49)61(37)65(43-13-5-3-6-14-43)45-25-23-39-33-51-57(35-41(39)31-45)67-55-29-30-56-60(59(51)55)52-34-40-24-26-46(32-42(40)36-58(52)68-56)66(44-15-7-4-8-16-44)62-38(2)22-28-50-48-18-10-12-20-54(48)70-64(50)62/h3-36H,1-2H3. The molecule has 15 rings (SSSR count). The summed E-state index contributed by atoms with van der Waals surface area (Å²) < 4.78 is 26.8. The highest BCUT2D eigenvalue weighted by atomic mass is 16.3. The molecule has 0 radical (unpaired) electrons. The van der Waals surface area contributed by atoms with Gasteiger partial charge in [-0.25, -0.2) is 0 Å². The lowest BCUT2D eigenvalue weighted by molar-refractivity contribution is 0.663. The molecule has 6 heteroatoms. The van der Waals surface area contributed by atoms with Crippen molar-refractivity contribution in [2.75, 3.05) is 9.80 Å². The van der Waals surface area contributed by atoms with Crippen LogP contribution in [0, 0.1) is 13.8 Å². The molecule has 0 spiro atoms. The average molecular weight is 901 g/mol. The molecule has 0 fully saturated rings. The highest BCUT2D eigenvalue weighted by molar-refractivity contribution is 6.28. The second-order valence-corrected chi connectivity index (χ2v) is 18.5. The largest absolute Gasteiger partial charge is 0.456 e. The van der Waals surface area contributed by atoms with Crippen LogP contribution in [0.4, 0.5) is 34.1 Å². The van der Waals surface area contributed by atoms with Crippen LogP contribution >= 0.6 is 0 Å². The summed E-state index contributed by atoms with van der Waals surface area (Å²) in [6.45, 7) is 4.31. The van der Waals surface area contributed by atoms with Crippen LogP contribution in [0.5, 0.6) is 0 Å². The molecule has 70 heavy (non-hydrogen) atoms. The Kier molecular flexibility index (Phi) is 8.10. The molecular weight excluding hydrogens is 861 g/mol. The zero-order chi connectivity index (χ0) is 46.2. The van der Waals surface area contributed by atoms with E-state index in [9.17, 15) is 0 Å². The number of aryl methyl sites for hydroxylation is 2. The number of anilines is 6. The Labute approximate surface area is 400 Å². The summed E-state index contributed by atoms with van der Waals surface area (Å²) in [6, 6.07) is 72.7. The van der Waals surface area contributed by atoms with E-state index in [0.717, 1.165) is 155 Å². The first-order valence-corrected chi connectivity index (χ1v) is 23.7. The van der Waals surface area contributed by atoms with Crippen LogP contribution in [0.2, 0.25) is 0 Å². The van der Waals surface area contributed by atoms with Crippen molar-refractivity contribution < 1.29 is 17.7 Å². The minimum absolute atomic E-state index is 0.822. The monoisotopic (exact) mass is 900 g/mol. The van der Waals surface area contributed by atoms with Crippen LogP contribution in [-0.4, -0.2) is 0 Å². The highest BCUT2D eigenvalue weighted by Gasteiger charge is 2.25. The normalized spacial score (nSPS) is 12.1. The van der Waals surface area contributed by atoms with Gasteiger partial charge in [-0.05, 0) is 144 Å². The number of benzene rings is 11. The SMILES string of the molecule is Cc1ccc2c(oc3ccccc32)c1N(c1ccccc1)c1ccc2cc3c(cc2c1)oc1ccc2oc4cc5cc(N(c6ccccc6)c6c(C)ccc7c6oc6ccccc67)ccc5cc4c2c13. The quantitative estimate of drug-likeness (QED) is 0.166. The summed E-state index contributed by atoms with van der Waals surface area (Å²) in [5, 5.41) is 13.0. The van der Waals surface area contributed by atoms with E-state index in [2.05, 4.69) is 194 Å². The predicted molar refractivity (Wildman–Crippen MR) is 289 cm³/mol. The number of para-hydroxylation sites is 4. The second-order valence-electron chi connectivity index (χ2n) is 18.5. The first-order valence-electron chi connectivity index (χ1n) is 23.7. The van der Waals surface area contributed by atoms with Crippen molar-refractivity contribution in [1.29, 1.82) is 0 Å². The van der Waals surface area contributed by atoms with Crippen LogP contribution in [-0.2, 0) is 0 Å². The number of fused-ring (bicyclic) bond motifs is 15. The van der Waals surface area contributed by atoms with Crippen molar-refractivity contribution in [1.82, 2.24) is 0 Å². The molecule has 0 saturated carbocycles. The van der Waals surface area contributed by atoms with E-state index in [-0.39, 0.29) is 0 Å². The molecule has 15 aromatic rings. The van der Waals surface area contributed by atoms with E-state index in [0.29, 0.717) is 0 Å². The van der Waals surface area contributed by atoms with Crippen molar-refractivity contribution in [2.24, 2.45) is 0 Å². The lowest BCUT2D eigenvalue weighted by Crippen LogP contribution is -2.11. The van der Waals surface area contributed by atoms with Crippen molar-refractivity contribution >= 4 is 143 Å². The minimum Gasteiger partial charge on any atom is -0.456 e. The van der Waals surface area contributed by atoms with Gasteiger partial charge in [0.15, 0.2) is 11.2 Å². The summed E-state index contributed by atoms with van der Waals surface area (Å²) in [4.78, 5) is 4.64. The summed E-state index contributed by atoms with van der Waals surface area (Å²) in [5.74, 6) is 0. The lowest BCUT2D eigenvalue weighted by atomic mass is 10.00. The summed E-state index contributed by atoms with van der Waals surface area (Å²) in [5.41, 5.74) is 15.2. The minimum atomic E-state index is 0.822. The van der Waals surface area contributed by atoms with E-state index >= 15 is 0 Å². The number of nitrogens with zero attached hydrogens (tertiary/aromatic N) is 2. The first kappa shape index (κ1) is 38.8. The first-order chi connectivity index (χ1) is 34.5. The Balaban J connectivity index is 0.874. The highest BCUT2D eigenvalue weighted by Crippen LogP contribution is 2.48. The maximum atomic E-state index is 6.76. The van der Waals surface area contributed by atoms with Gasteiger partial charge in [0.05, 0.1) is 11.4 Å². The van der Waals surface area contributed by atoms with Crippen LogP contribution in [0.15, 0.2) is 224 Å². The fraction of sp³-hybridized carbons (Fsp3) is 0.0312. The zero-order valence-electron chi connectivity index (χ0n) is 38.2. The van der Waals surface area contributed by atoms with Crippen molar-refractivity contribution in [3.63, 3.8) is 0 Å². The fourth-order valence-electron chi connectivity index (χ4n) is 11.1. The van der Waals surface area contributed by atoms with Gasteiger partial charge in [-0.2, -0.15) is 0 Å². The molecule has 0 aliphatic heterocycles. The van der Waals surface area contributed by atoms with Crippen LogP contribution in [0.25, 0.3) is 109 Å². The Hall–Kier alpha value is -9.26. The number of rotatable bonds is 6. The third-order valence-corrected chi connectivity index (χ3v) is 14.4. The molecule has 11 aromatic carbocycles. The van der Waals surface area contributed by atoms with Gasteiger partial charge in [0, 0.05) is 65.8 Å². The third kappa shape index (κ3) is 5.68. The van der Waals surface area contributed by atoms with Crippen LogP contribution in [0.1, 0.15) is 11.1 Å². The molecule has 0 amide bonds. The van der Waals surface area contributed by atoms with Gasteiger partial charge in [0.2, 0.25) is 0 Å². The summed E-state index contributed by atoms with van der Waals surface area (Å²) in [7, 11) is 0. The van der Waals surface area contributed by atoms with E-state index < -0.39 is 0 Å². The molecule has 0 atom stereocenters. The molecule has 4 aromatic heterocycles. The van der Waals surface area contributed by atoms with E-state index in [1.165, 1.54) is 0 Å². The van der Waals surface area contributed by atoms with E-state index in [1.807, 2.05) is 36.4 Å². The number of furan rings is 4. The van der Waals surface area contributed by atoms with Gasteiger partial charge in [-0.1, -0.05) is 109 Å². The van der Waals surface area contributed by atoms with E-state index in [4.69, 9.17) is 17.7 Å². The average Bonchev–Trinajstić information content (AvgIpc) is 4.17. The second kappa shape index (κ2) is 14.6. The van der Waals surface area contributed by atoms with E-state index in [1.54, 1.807) is 0 Å². The molecule has 6 nitrogen and oxygen atoms in total. The summed E-state index contributed by atoms with van der Waals surface area (Å²) in [6.07, 6.45) is 0. The predicted octanol–water partition coefficient (Wildman–Crippen LogP) is 19.1. The Morgan fingerprint density at radius 3 is 1.16 bits per heavy atom. The molecule has 0 unspecified atom stereocenters. The molecule has 330 valence electrons. The molecule has 4 heterocycles. The molecule has 0 aliphatic rings. The molecule has 0 saturated heterocycles. The van der Waals surface area contributed by atoms with Gasteiger partial charge < -0.3 is 27.5 Å². The summed E-state index contributed by atoms with van der Waals surface area (Å²) >= 11 is 0. The lowest BCUT2D eigenvalue weighted by Gasteiger charge is -2.27. The van der Waals surface area contributed by atoms with Gasteiger partial charge in [-0.15, -0.1) is 0 Å². The Bertz CT molecular complexity index is 4340. The maximum absolute atomic E-state index is 6.76. The van der Waals surface area contributed by atoms with Crippen LogP contribution < -0.4 is 9.80 Å². The van der Waals surface area contributed by atoms with Gasteiger partial charge >= 0.3 is 0 Å². The van der Waals surface area contributed by atoms with Gasteiger partial charge in [0.25, 0.3) is 0 Å². The van der Waals surface area contributed by atoms with Crippen LogP contribution in [0.3, 0.4) is 0 Å². The number of hydrogen-bond donors (Lipinski definition) is 0. The third-order valence-electron chi connectivity index (χ3n) is 14.4. The van der Waals surface area contributed by atoms with Gasteiger partial charge in [-0.3, -0.25) is 0 Å². The van der Waals surface area contributed by atoms with Crippen molar-refractivity contribution in [2.45, 2.75) is 13.8 Å². The van der Waals surface area contributed by atoms with Crippen molar-refractivity contribution in [3.8, 4) is 0 Å². The number of hydrogen-bond acceptors (Lipinski definition) is 6. The smallest absolute Gasteiger partial charge is 0.159 e. The molecular formula is C64H40N2O4. The molecule has 0 N–H and O–H groups in total. The fourth-order valence-corrected chi connectivity index (χ4v) is 11.1. The van der Waals surface area contributed by atoms with Crippen molar-refractivity contribution in [3.05, 3.63) is 217 Å². The van der Waals surface area contributed by atoms with Gasteiger partial charge in [0.1, 0.15) is 33.5 Å². The maximum Gasteiger partial charge on any atom is 0.159 e. The Morgan fingerprint density at radius 1 is 0.271 bits per heavy atom. The molecule has 0 bridgehead atoms. The topological polar surface area (TPSA) is 59.0 Å². The zero-order valence-corrected chi connectivity index (χ0v) is 38.2. The Morgan fingerprint density at radius 2 is 0.700 bits per heavy atom.